The quantitative estimate of drug-likeness (QED) is 0.761. The number of rotatable bonds is 6. The van der Waals surface area contributed by atoms with E-state index in [-0.39, 0.29) is 23.1 Å². The van der Waals surface area contributed by atoms with E-state index < -0.39 is 0 Å². The van der Waals surface area contributed by atoms with E-state index in [0.29, 0.717) is 6.54 Å². The molecule has 1 amide bonds. The summed E-state index contributed by atoms with van der Waals surface area (Å²) < 4.78 is 7.01. The first kappa shape index (κ1) is 19.8. The number of thiophene rings is 1. The molecule has 3 heterocycles. The van der Waals surface area contributed by atoms with Gasteiger partial charge in [0, 0.05) is 44.3 Å². The number of aromatic nitrogens is 1. The molecule has 2 aromatic rings. The van der Waals surface area contributed by atoms with Gasteiger partial charge in [-0.05, 0) is 36.9 Å². The number of pyridine rings is 1. The van der Waals surface area contributed by atoms with E-state index >= 15 is 0 Å². The summed E-state index contributed by atoms with van der Waals surface area (Å²) in [6.07, 6.45) is 1.79. The Labute approximate surface area is 164 Å². The van der Waals surface area contributed by atoms with Crippen LogP contribution in [0.1, 0.15) is 33.8 Å². The van der Waals surface area contributed by atoms with Crippen LogP contribution in [0.25, 0.3) is 0 Å². The van der Waals surface area contributed by atoms with Gasteiger partial charge in [0.1, 0.15) is 5.56 Å². The molecule has 0 aliphatic carbocycles. The van der Waals surface area contributed by atoms with Crippen LogP contribution in [0.4, 0.5) is 0 Å². The Kier molecular flexibility index (Phi) is 6.46. The number of morpholine rings is 1. The summed E-state index contributed by atoms with van der Waals surface area (Å²) in [4.78, 5) is 31.1. The highest BCUT2D eigenvalue weighted by Crippen LogP contribution is 2.24. The van der Waals surface area contributed by atoms with Gasteiger partial charge >= 0.3 is 0 Å². The summed E-state index contributed by atoms with van der Waals surface area (Å²) in [7, 11) is 1.76. The van der Waals surface area contributed by atoms with Crippen molar-refractivity contribution in [2.75, 3.05) is 39.9 Å². The molecule has 146 valence electrons. The molecule has 0 bridgehead atoms. The molecular weight excluding hydrogens is 362 g/mol. The first-order valence-corrected chi connectivity index (χ1v) is 10.2. The Bertz CT molecular complexity index is 825. The maximum atomic E-state index is 13.1. The summed E-state index contributed by atoms with van der Waals surface area (Å²) in [6, 6.07) is 5.77. The van der Waals surface area contributed by atoms with Crippen molar-refractivity contribution < 1.29 is 9.53 Å². The van der Waals surface area contributed by atoms with Crippen LogP contribution in [0, 0.1) is 6.92 Å². The van der Waals surface area contributed by atoms with Gasteiger partial charge in [-0.15, -0.1) is 11.3 Å². The Morgan fingerprint density at radius 3 is 2.70 bits per heavy atom. The van der Waals surface area contributed by atoms with Crippen molar-refractivity contribution in [2.24, 2.45) is 0 Å². The fraction of sp³-hybridized carbons (Fsp3) is 0.500. The number of amides is 1. The highest BCUT2D eigenvalue weighted by atomic mass is 32.1. The second-order valence-electron chi connectivity index (χ2n) is 6.93. The molecule has 1 aliphatic heterocycles. The van der Waals surface area contributed by atoms with Crippen molar-refractivity contribution in [3.8, 4) is 0 Å². The molecule has 3 rings (SSSR count). The molecule has 0 radical (unpaired) electrons. The van der Waals surface area contributed by atoms with Crippen molar-refractivity contribution in [3.63, 3.8) is 0 Å². The smallest absolute Gasteiger partial charge is 0.263 e. The van der Waals surface area contributed by atoms with E-state index in [4.69, 9.17) is 4.74 Å². The summed E-state index contributed by atoms with van der Waals surface area (Å²) >= 11 is 1.61. The van der Waals surface area contributed by atoms with Crippen molar-refractivity contribution in [2.45, 2.75) is 26.4 Å². The van der Waals surface area contributed by atoms with Gasteiger partial charge < -0.3 is 14.2 Å². The lowest BCUT2D eigenvalue weighted by Gasteiger charge is -2.27. The number of carbonyl (C=O) groups excluding carboxylic acids is 1. The number of aryl methyl sites for hydroxylation is 1. The Hall–Kier alpha value is -1.96. The minimum absolute atomic E-state index is 0.0710. The van der Waals surface area contributed by atoms with E-state index in [1.165, 1.54) is 0 Å². The van der Waals surface area contributed by atoms with Crippen LogP contribution < -0.4 is 5.56 Å². The van der Waals surface area contributed by atoms with E-state index in [1.54, 1.807) is 34.0 Å². The predicted octanol–water partition coefficient (Wildman–Crippen LogP) is 2.38. The number of hydrogen-bond acceptors (Lipinski definition) is 5. The molecule has 0 saturated carbocycles. The van der Waals surface area contributed by atoms with Gasteiger partial charge in [0.05, 0.1) is 19.3 Å². The highest BCUT2D eigenvalue weighted by molar-refractivity contribution is 7.10. The zero-order valence-corrected chi connectivity index (χ0v) is 17.0. The highest BCUT2D eigenvalue weighted by Gasteiger charge is 2.24. The molecular formula is C20H27N3O3S. The molecule has 1 fully saturated rings. The molecule has 27 heavy (non-hydrogen) atoms. The third-order valence-corrected chi connectivity index (χ3v) is 6.25. The molecule has 0 aromatic carbocycles. The number of nitrogens with zero attached hydrogens (tertiary/aromatic N) is 3. The van der Waals surface area contributed by atoms with Crippen molar-refractivity contribution in [3.05, 3.63) is 56.1 Å². The lowest BCUT2D eigenvalue weighted by Crippen LogP contribution is -2.40. The van der Waals surface area contributed by atoms with E-state index in [2.05, 4.69) is 4.90 Å². The lowest BCUT2D eigenvalue weighted by molar-refractivity contribution is 0.0362. The molecule has 7 heteroatoms. The predicted molar refractivity (Wildman–Crippen MR) is 108 cm³/mol. The monoisotopic (exact) mass is 389 g/mol. The average Bonchev–Trinajstić information content (AvgIpc) is 3.21. The Balaban J connectivity index is 1.77. The summed E-state index contributed by atoms with van der Waals surface area (Å²) in [5.41, 5.74) is 0.779. The standard InChI is InChI=1S/C20H27N3O3S/c1-15-6-7-23(9-8-22-10-12-26-13-11-22)20(25)18(15)19(24)21(3)16(2)17-5-4-14-27-17/h4-7,14,16H,8-13H2,1-3H3. The average molecular weight is 390 g/mol. The van der Waals surface area contributed by atoms with E-state index in [1.807, 2.05) is 37.4 Å². The van der Waals surface area contributed by atoms with Crippen LogP contribution in [0.15, 0.2) is 34.6 Å². The minimum Gasteiger partial charge on any atom is -0.379 e. The van der Waals surface area contributed by atoms with Gasteiger partial charge in [0.25, 0.3) is 11.5 Å². The van der Waals surface area contributed by atoms with Gasteiger partial charge in [-0.1, -0.05) is 6.07 Å². The molecule has 6 nitrogen and oxygen atoms in total. The summed E-state index contributed by atoms with van der Waals surface area (Å²) in [5.74, 6) is -0.223. The third kappa shape index (κ3) is 4.48. The van der Waals surface area contributed by atoms with Gasteiger partial charge in [-0.2, -0.15) is 0 Å². The first-order valence-electron chi connectivity index (χ1n) is 9.29. The zero-order valence-electron chi connectivity index (χ0n) is 16.2. The second kappa shape index (κ2) is 8.82. The second-order valence-corrected chi connectivity index (χ2v) is 7.91. The fourth-order valence-corrected chi connectivity index (χ4v) is 4.07. The summed E-state index contributed by atoms with van der Waals surface area (Å²) in [6.45, 7) is 8.39. The minimum atomic E-state index is -0.223. The molecule has 1 unspecified atom stereocenters. The van der Waals surface area contributed by atoms with Crippen molar-refractivity contribution in [1.29, 1.82) is 0 Å². The Morgan fingerprint density at radius 1 is 1.30 bits per heavy atom. The van der Waals surface area contributed by atoms with Crippen LogP contribution in [-0.4, -0.2) is 60.2 Å². The van der Waals surface area contributed by atoms with Crippen LogP contribution in [0.3, 0.4) is 0 Å². The van der Waals surface area contributed by atoms with E-state index in [0.717, 1.165) is 43.3 Å². The lowest BCUT2D eigenvalue weighted by atomic mass is 10.1. The zero-order chi connectivity index (χ0) is 19.4. The molecule has 2 aromatic heterocycles. The molecule has 0 spiro atoms. The molecule has 0 N–H and O–H groups in total. The normalized spacial score (nSPS) is 16.3. The van der Waals surface area contributed by atoms with Crippen LogP contribution in [0.5, 0.6) is 0 Å². The van der Waals surface area contributed by atoms with Crippen molar-refractivity contribution >= 4 is 17.2 Å². The largest absolute Gasteiger partial charge is 0.379 e. The first-order chi connectivity index (χ1) is 13.0. The van der Waals surface area contributed by atoms with Gasteiger partial charge in [-0.3, -0.25) is 14.5 Å². The van der Waals surface area contributed by atoms with Crippen molar-refractivity contribution in [1.82, 2.24) is 14.4 Å². The molecule has 1 atom stereocenters. The van der Waals surface area contributed by atoms with E-state index in [9.17, 15) is 9.59 Å². The fourth-order valence-electron chi connectivity index (χ4n) is 3.25. The molecule has 1 aliphatic rings. The number of carbonyl (C=O) groups is 1. The van der Waals surface area contributed by atoms with Gasteiger partial charge in [0.15, 0.2) is 0 Å². The van der Waals surface area contributed by atoms with Crippen LogP contribution in [-0.2, 0) is 11.3 Å². The van der Waals surface area contributed by atoms with Crippen LogP contribution >= 0.6 is 11.3 Å². The number of hydrogen-bond donors (Lipinski definition) is 0. The maximum absolute atomic E-state index is 13.1. The topological polar surface area (TPSA) is 54.8 Å². The van der Waals surface area contributed by atoms with Crippen LogP contribution in [0.2, 0.25) is 0 Å². The third-order valence-electron chi connectivity index (χ3n) is 5.20. The number of ether oxygens (including phenoxy) is 1. The maximum Gasteiger partial charge on any atom is 0.263 e. The van der Waals surface area contributed by atoms with Gasteiger partial charge in [-0.25, -0.2) is 0 Å². The SMILES string of the molecule is Cc1ccn(CCN2CCOCC2)c(=O)c1C(=O)N(C)C(C)c1cccs1. The van der Waals surface area contributed by atoms with Gasteiger partial charge in [0.2, 0.25) is 0 Å². The Morgan fingerprint density at radius 2 is 2.04 bits per heavy atom. The summed E-state index contributed by atoms with van der Waals surface area (Å²) in [5, 5.41) is 2.00. The molecule has 1 saturated heterocycles.